The molecule has 0 fully saturated rings. The van der Waals surface area contributed by atoms with Crippen LogP contribution in [-0.2, 0) is 4.79 Å². The monoisotopic (exact) mass is 492 g/mol. The highest BCUT2D eigenvalue weighted by Gasteiger charge is 2.21. The number of methoxy groups -OCH3 is 1. The summed E-state index contributed by atoms with van der Waals surface area (Å²) in [5, 5.41) is 10.7. The normalized spacial score (nSPS) is 12.2. The molecule has 0 aliphatic heterocycles. The number of halogens is 2. The molecule has 1 atom stereocenters. The molecule has 0 radical (unpaired) electrons. The van der Waals surface area contributed by atoms with Crippen molar-refractivity contribution in [1.29, 1.82) is 0 Å². The molecule has 0 saturated carbocycles. The van der Waals surface area contributed by atoms with E-state index in [4.69, 9.17) is 14.6 Å². The molecule has 0 spiro atoms. The third-order valence-corrected chi connectivity index (χ3v) is 6.09. The number of ketones is 1. The molecule has 2 aromatic rings. The molecule has 136 valence electrons. The lowest BCUT2D eigenvalue weighted by molar-refractivity contribution is -0.141. The van der Waals surface area contributed by atoms with Crippen molar-refractivity contribution in [3.05, 3.63) is 21.5 Å². The molecule has 1 heterocycles. The van der Waals surface area contributed by atoms with Crippen LogP contribution < -0.4 is 9.47 Å². The first-order valence-electron chi connectivity index (χ1n) is 7.63. The Morgan fingerprint density at radius 3 is 2.68 bits per heavy atom. The maximum atomic E-state index is 12.4. The van der Waals surface area contributed by atoms with Crippen LogP contribution in [0.1, 0.15) is 29.4 Å². The minimum atomic E-state index is -0.972. The summed E-state index contributed by atoms with van der Waals surface area (Å²) in [6.07, 6.45) is 0.833. The third kappa shape index (κ3) is 4.74. The number of hydrogen-bond donors (Lipinski definition) is 1. The Hall–Kier alpha value is -1.12. The number of aliphatic carboxylic acids is 1. The van der Waals surface area contributed by atoms with Gasteiger partial charge in [0.2, 0.25) is 0 Å². The SMILES string of the molecule is COc1cc2sc(C(=O)C[C@H](C)C(=O)O)cc2c(Br)c1OCCCBr. The molecular formula is C17H18Br2O5S. The molecule has 0 amide bonds. The summed E-state index contributed by atoms with van der Waals surface area (Å²) in [5.41, 5.74) is 0. The van der Waals surface area contributed by atoms with Crippen LogP contribution in [0.5, 0.6) is 11.5 Å². The number of Topliss-reactive ketones (excluding diaryl/α,β-unsaturated/α-hetero) is 1. The summed E-state index contributed by atoms with van der Waals surface area (Å²) >= 11 is 8.24. The van der Waals surface area contributed by atoms with E-state index >= 15 is 0 Å². The fourth-order valence-electron chi connectivity index (χ4n) is 2.22. The highest BCUT2D eigenvalue weighted by molar-refractivity contribution is 9.10. The van der Waals surface area contributed by atoms with Gasteiger partial charge >= 0.3 is 5.97 Å². The van der Waals surface area contributed by atoms with Gasteiger partial charge in [-0.05, 0) is 28.4 Å². The average Bonchev–Trinajstić information content (AvgIpc) is 3.01. The summed E-state index contributed by atoms with van der Waals surface area (Å²) in [6, 6.07) is 3.61. The predicted molar refractivity (Wildman–Crippen MR) is 106 cm³/mol. The van der Waals surface area contributed by atoms with Crippen molar-refractivity contribution in [2.75, 3.05) is 19.0 Å². The molecule has 0 unspecified atom stereocenters. The van der Waals surface area contributed by atoms with Gasteiger partial charge in [0, 0.05) is 27.9 Å². The van der Waals surface area contributed by atoms with Gasteiger partial charge < -0.3 is 14.6 Å². The molecule has 0 aliphatic rings. The molecule has 5 nitrogen and oxygen atoms in total. The van der Waals surface area contributed by atoms with Gasteiger partial charge in [-0.1, -0.05) is 22.9 Å². The highest BCUT2D eigenvalue weighted by atomic mass is 79.9. The fourth-order valence-corrected chi connectivity index (χ4v) is 4.26. The predicted octanol–water partition coefficient (Wildman–Crippen LogP) is 5.13. The van der Waals surface area contributed by atoms with Crippen LogP contribution in [0.25, 0.3) is 10.1 Å². The van der Waals surface area contributed by atoms with E-state index in [1.165, 1.54) is 18.3 Å². The number of carboxylic acids is 1. The van der Waals surface area contributed by atoms with E-state index in [9.17, 15) is 9.59 Å². The zero-order chi connectivity index (χ0) is 18.6. The maximum absolute atomic E-state index is 12.4. The second-order valence-corrected chi connectivity index (χ2v) is 8.17. The van der Waals surface area contributed by atoms with Gasteiger partial charge in [-0.15, -0.1) is 11.3 Å². The number of benzene rings is 1. The first-order valence-corrected chi connectivity index (χ1v) is 10.4. The Morgan fingerprint density at radius 2 is 2.08 bits per heavy atom. The Bertz CT molecular complexity index is 787. The number of rotatable bonds is 9. The zero-order valence-corrected chi connectivity index (χ0v) is 17.8. The summed E-state index contributed by atoms with van der Waals surface area (Å²) in [4.78, 5) is 23.8. The maximum Gasteiger partial charge on any atom is 0.306 e. The van der Waals surface area contributed by atoms with Gasteiger partial charge in [0.1, 0.15) is 0 Å². The third-order valence-electron chi connectivity index (χ3n) is 3.61. The topological polar surface area (TPSA) is 72.8 Å². The number of carbonyl (C=O) groups excluding carboxylic acids is 1. The molecule has 1 aromatic carbocycles. The van der Waals surface area contributed by atoms with Crippen molar-refractivity contribution < 1.29 is 24.2 Å². The van der Waals surface area contributed by atoms with Crippen LogP contribution in [0.2, 0.25) is 0 Å². The van der Waals surface area contributed by atoms with Gasteiger partial charge in [-0.25, -0.2) is 0 Å². The van der Waals surface area contributed by atoms with Crippen LogP contribution in [0.4, 0.5) is 0 Å². The zero-order valence-electron chi connectivity index (χ0n) is 13.8. The van der Waals surface area contributed by atoms with E-state index in [2.05, 4.69) is 31.9 Å². The standard InChI is InChI=1S/C17H18Br2O5S/c1-9(17(21)22)6-11(20)14-7-10-13(25-14)8-12(23-2)16(15(10)19)24-5-3-4-18/h7-9H,3-6H2,1-2H3,(H,21,22)/t9-/m0/s1. The van der Waals surface area contributed by atoms with Gasteiger partial charge in [0.25, 0.3) is 0 Å². The van der Waals surface area contributed by atoms with Crippen LogP contribution in [0.15, 0.2) is 16.6 Å². The van der Waals surface area contributed by atoms with Crippen molar-refractivity contribution in [3.8, 4) is 11.5 Å². The Kier molecular flexibility index (Phi) is 7.27. The molecule has 8 heteroatoms. The highest BCUT2D eigenvalue weighted by Crippen LogP contribution is 2.44. The number of carbonyl (C=O) groups is 2. The van der Waals surface area contributed by atoms with Crippen molar-refractivity contribution >= 4 is 65.0 Å². The van der Waals surface area contributed by atoms with Gasteiger partial charge in [0.15, 0.2) is 17.3 Å². The smallest absolute Gasteiger partial charge is 0.306 e. The summed E-state index contributed by atoms with van der Waals surface area (Å²) in [6.45, 7) is 2.07. The molecule has 0 aliphatic carbocycles. The minimum absolute atomic E-state index is 0.0223. The van der Waals surface area contributed by atoms with Crippen molar-refractivity contribution in [3.63, 3.8) is 0 Å². The summed E-state index contributed by atoms with van der Waals surface area (Å²) in [5.74, 6) is -0.664. The van der Waals surface area contributed by atoms with Crippen molar-refractivity contribution in [2.24, 2.45) is 5.92 Å². The van der Waals surface area contributed by atoms with E-state index in [-0.39, 0.29) is 12.2 Å². The number of thiophene rings is 1. The van der Waals surface area contributed by atoms with Gasteiger partial charge in [0.05, 0.1) is 29.0 Å². The van der Waals surface area contributed by atoms with Gasteiger partial charge in [-0.2, -0.15) is 0 Å². The lowest BCUT2D eigenvalue weighted by Crippen LogP contribution is -2.13. The number of hydrogen-bond acceptors (Lipinski definition) is 5. The van der Waals surface area contributed by atoms with E-state index < -0.39 is 11.9 Å². The lowest BCUT2D eigenvalue weighted by atomic mass is 10.0. The quantitative estimate of drug-likeness (QED) is 0.298. The van der Waals surface area contributed by atoms with E-state index in [0.29, 0.717) is 23.0 Å². The summed E-state index contributed by atoms with van der Waals surface area (Å²) in [7, 11) is 1.57. The average molecular weight is 494 g/mol. The van der Waals surface area contributed by atoms with Crippen molar-refractivity contribution in [1.82, 2.24) is 0 Å². The van der Waals surface area contributed by atoms with Crippen molar-refractivity contribution in [2.45, 2.75) is 19.8 Å². The number of alkyl halides is 1. The fraction of sp³-hybridized carbons (Fsp3) is 0.412. The Morgan fingerprint density at radius 1 is 1.36 bits per heavy atom. The minimum Gasteiger partial charge on any atom is -0.493 e. The number of fused-ring (bicyclic) bond motifs is 1. The number of ether oxygens (including phenoxy) is 2. The van der Waals surface area contributed by atoms with E-state index in [0.717, 1.165) is 26.3 Å². The molecule has 2 rings (SSSR count). The first-order chi connectivity index (χ1) is 11.9. The second kappa shape index (κ2) is 9.00. The van der Waals surface area contributed by atoms with Crippen LogP contribution in [-0.4, -0.2) is 35.9 Å². The lowest BCUT2D eigenvalue weighted by Gasteiger charge is -2.12. The molecule has 0 saturated heterocycles. The Balaban J connectivity index is 2.37. The summed E-state index contributed by atoms with van der Waals surface area (Å²) < 4.78 is 12.8. The molecule has 1 aromatic heterocycles. The largest absolute Gasteiger partial charge is 0.493 e. The molecular weight excluding hydrogens is 476 g/mol. The van der Waals surface area contributed by atoms with Crippen LogP contribution >= 0.6 is 43.2 Å². The Labute approximate surface area is 166 Å². The van der Waals surface area contributed by atoms with Gasteiger partial charge in [-0.3, -0.25) is 9.59 Å². The molecule has 1 N–H and O–H groups in total. The second-order valence-electron chi connectivity index (χ2n) is 5.50. The van der Waals surface area contributed by atoms with Crippen LogP contribution in [0.3, 0.4) is 0 Å². The molecule has 0 bridgehead atoms. The van der Waals surface area contributed by atoms with E-state index in [1.807, 2.05) is 6.07 Å². The first kappa shape index (κ1) is 20.2. The van der Waals surface area contributed by atoms with E-state index in [1.54, 1.807) is 13.2 Å². The van der Waals surface area contributed by atoms with Crippen LogP contribution in [0, 0.1) is 5.92 Å². The molecule has 25 heavy (non-hydrogen) atoms. The number of carboxylic acid groups (broad SMARTS) is 1.